The third-order valence-corrected chi connectivity index (χ3v) is 6.81. The number of furan rings is 1. The van der Waals surface area contributed by atoms with Crippen LogP contribution in [0.4, 0.5) is 0 Å². The fraction of sp³-hybridized carbons (Fsp3) is 0.733. The van der Waals surface area contributed by atoms with Gasteiger partial charge in [-0.2, -0.15) is 4.31 Å². The van der Waals surface area contributed by atoms with Crippen molar-refractivity contribution in [1.82, 2.24) is 4.31 Å². The molecule has 4 nitrogen and oxygen atoms in total. The lowest BCUT2D eigenvalue weighted by atomic mass is 9.95. The van der Waals surface area contributed by atoms with Crippen molar-refractivity contribution in [3.63, 3.8) is 0 Å². The van der Waals surface area contributed by atoms with Crippen LogP contribution in [0.1, 0.15) is 56.1 Å². The second kappa shape index (κ2) is 6.71. The van der Waals surface area contributed by atoms with Gasteiger partial charge in [-0.15, -0.1) is 11.6 Å². The van der Waals surface area contributed by atoms with E-state index < -0.39 is 10.0 Å². The number of sulfonamides is 1. The van der Waals surface area contributed by atoms with Crippen molar-refractivity contribution in [2.24, 2.45) is 0 Å². The van der Waals surface area contributed by atoms with Crippen LogP contribution in [0.15, 0.2) is 9.31 Å². The fourth-order valence-electron chi connectivity index (χ4n) is 3.31. The molecule has 0 spiro atoms. The standard InChI is InChI=1S/C15H24ClNO3S/c1-4-17(13-8-6-5-7-9-13)21(18,19)15-12(3)20-11(2)14(15)10-16/h13H,4-10H2,1-3H3. The van der Waals surface area contributed by atoms with Crippen LogP contribution >= 0.6 is 11.6 Å². The first-order valence-corrected chi connectivity index (χ1v) is 9.57. The van der Waals surface area contributed by atoms with Crippen LogP contribution in [0.25, 0.3) is 0 Å². The van der Waals surface area contributed by atoms with Gasteiger partial charge in [0.25, 0.3) is 0 Å². The van der Waals surface area contributed by atoms with Crippen molar-refractivity contribution in [3.8, 4) is 0 Å². The van der Waals surface area contributed by atoms with Crippen LogP contribution in [0.5, 0.6) is 0 Å². The van der Waals surface area contributed by atoms with E-state index >= 15 is 0 Å². The molecule has 1 saturated carbocycles. The molecule has 1 aromatic rings. The minimum Gasteiger partial charge on any atom is -0.465 e. The first-order valence-electron chi connectivity index (χ1n) is 7.60. The summed E-state index contributed by atoms with van der Waals surface area (Å²) in [6.45, 7) is 5.85. The Morgan fingerprint density at radius 1 is 1.19 bits per heavy atom. The van der Waals surface area contributed by atoms with Crippen molar-refractivity contribution in [2.45, 2.75) is 69.7 Å². The van der Waals surface area contributed by atoms with Gasteiger partial charge in [0.2, 0.25) is 10.0 Å². The number of nitrogens with zero attached hydrogens (tertiary/aromatic N) is 1. The van der Waals surface area contributed by atoms with Gasteiger partial charge < -0.3 is 4.42 Å². The summed E-state index contributed by atoms with van der Waals surface area (Å²) < 4.78 is 33.3. The summed E-state index contributed by atoms with van der Waals surface area (Å²) in [4.78, 5) is 0.280. The van der Waals surface area contributed by atoms with Crippen molar-refractivity contribution < 1.29 is 12.8 Å². The Kier molecular flexibility index (Phi) is 5.38. The topological polar surface area (TPSA) is 50.5 Å². The highest BCUT2D eigenvalue weighted by molar-refractivity contribution is 7.89. The molecule has 1 heterocycles. The smallest absolute Gasteiger partial charge is 0.247 e. The molecule has 0 unspecified atom stereocenters. The van der Waals surface area contributed by atoms with Crippen molar-refractivity contribution in [3.05, 3.63) is 17.1 Å². The highest BCUT2D eigenvalue weighted by Crippen LogP contribution is 2.33. The quantitative estimate of drug-likeness (QED) is 0.766. The van der Waals surface area contributed by atoms with Crippen LogP contribution < -0.4 is 0 Å². The van der Waals surface area contributed by atoms with E-state index in [9.17, 15) is 8.42 Å². The van der Waals surface area contributed by atoms with E-state index in [-0.39, 0.29) is 16.8 Å². The maximum Gasteiger partial charge on any atom is 0.247 e. The van der Waals surface area contributed by atoms with Crippen LogP contribution in [-0.4, -0.2) is 25.3 Å². The van der Waals surface area contributed by atoms with Crippen molar-refractivity contribution in [1.29, 1.82) is 0 Å². The molecule has 0 N–H and O–H groups in total. The molecular formula is C15H24ClNO3S. The predicted octanol–water partition coefficient (Wildman–Crippen LogP) is 3.98. The van der Waals surface area contributed by atoms with Gasteiger partial charge in [-0.25, -0.2) is 8.42 Å². The van der Waals surface area contributed by atoms with E-state index in [1.807, 2.05) is 6.92 Å². The molecule has 0 aliphatic heterocycles. The van der Waals surface area contributed by atoms with Crippen molar-refractivity contribution in [2.75, 3.05) is 6.54 Å². The summed E-state index contributed by atoms with van der Waals surface area (Å²) in [7, 11) is -3.55. The Bertz CT molecular complexity index is 588. The number of hydrogen-bond acceptors (Lipinski definition) is 3. The summed E-state index contributed by atoms with van der Waals surface area (Å²) in [6.07, 6.45) is 5.29. The molecule has 2 rings (SSSR count). The van der Waals surface area contributed by atoms with Gasteiger partial charge in [0.05, 0.1) is 5.88 Å². The minimum absolute atomic E-state index is 0.103. The van der Waals surface area contributed by atoms with Crippen LogP contribution in [0.3, 0.4) is 0 Å². The normalized spacial score (nSPS) is 17.6. The Balaban J connectivity index is 2.44. The molecule has 21 heavy (non-hydrogen) atoms. The van der Waals surface area contributed by atoms with Gasteiger partial charge in [0.1, 0.15) is 16.4 Å². The van der Waals surface area contributed by atoms with E-state index in [1.165, 1.54) is 6.42 Å². The summed E-state index contributed by atoms with van der Waals surface area (Å²) in [6, 6.07) is 0.103. The van der Waals surface area contributed by atoms with Gasteiger partial charge in [0.15, 0.2) is 0 Å². The lowest BCUT2D eigenvalue weighted by molar-refractivity contribution is 0.261. The van der Waals surface area contributed by atoms with Gasteiger partial charge in [0, 0.05) is 18.2 Å². The van der Waals surface area contributed by atoms with Gasteiger partial charge in [-0.1, -0.05) is 26.2 Å². The van der Waals surface area contributed by atoms with E-state index in [1.54, 1.807) is 18.2 Å². The monoisotopic (exact) mass is 333 g/mol. The molecule has 0 amide bonds. The summed E-state index contributed by atoms with van der Waals surface area (Å²) >= 11 is 5.95. The van der Waals surface area contributed by atoms with E-state index in [2.05, 4.69) is 0 Å². The predicted molar refractivity (Wildman–Crippen MR) is 84.2 cm³/mol. The zero-order chi connectivity index (χ0) is 15.6. The summed E-state index contributed by atoms with van der Waals surface area (Å²) in [5, 5.41) is 0. The molecule has 0 bridgehead atoms. The van der Waals surface area contributed by atoms with E-state index in [0.29, 0.717) is 23.6 Å². The highest BCUT2D eigenvalue weighted by atomic mass is 35.5. The molecule has 6 heteroatoms. The van der Waals surface area contributed by atoms with Gasteiger partial charge in [-0.3, -0.25) is 0 Å². The van der Waals surface area contributed by atoms with Crippen LogP contribution in [0.2, 0.25) is 0 Å². The Hall–Kier alpha value is -0.520. The summed E-state index contributed by atoms with van der Waals surface area (Å²) in [5.74, 6) is 1.19. The molecule has 0 aromatic carbocycles. The Morgan fingerprint density at radius 3 is 2.33 bits per heavy atom. The number of hydrogen-bond donors (Lipinski definition) is 0. The number of alkyl halides is 1. The molecular weight excluding hydrogens is 310 g/mol. The molecule has 0 radical (unpaired) electrons. The zero-order valence-electron chi connectivity index (χ0n) is 13.0. The minimum atomic E-state index is -3.55. The SMILES string of the molecule is CCN(C1CCCCC1)S(=O)(=O)c1c(C)oc(C)c1CCl. The zero-order valence-corrected chi connectivity index (χ0v) is 14.6. The molecule has 1 fully saturated rings. The molecule has 1 aromatic heterocycles. The number of halogens is 1. The molecule has 1 aliphatic carbocycles. The van der Waals surface area contributed by atoms with Crippen LogP contribution in [-0.2, 0) is 15.9 Å². The van der Waals surface area contributed by atoms with E-state index in [0.717, 1.165) is 25.7 Å². The second-order valence-corrected chi connectivity index (χ2v) is 7.75. The highest BCUT2D eigenvalue weighted by Gasteiger charge is 2.35. The van der Waals surface area contributed by atoms with Crippen LogP contribution in [0, 0.1) is 13.8 Å². The maximum atomic E-state index is 13.1. The summed E-state index contributed by atoms with van der Waals surface area (Å²) in [5.41, 5.74) is 0.600. The molecule has 120 valence electrons. The van der Waals surface area contributed by atoms with Gasteiger partial charge >= 0.3 is 0 Å². The average Bonchev–Trinajstić information content (AvgIpc) is 2.75. The third kappa shape index (κ3) is 3.15. The molecule has 0 saturated heterocycles. The second-order valence-electron chi connectivity index (χ2n) is 5.66. The number of aryl methyl sites for hydroxylation is 2. The maximum absolute atomic E-state index is 13.1. The van der Waals surface area contributed by atoms with E-state index in [4.69, 9.17) is 16.0 Å². The third-order valence-electron chi connectivity index (χ3n) is 4.32. The number of rotatable bonds is 5. The molecule has 1 aliphatic rings. The largest absolute Gasteiger partial charge is 0.465 e. The Morgan fingerprint density at radius 2 is 1.81 bits per heavy atom. The first kappa shape index (κ1) is 16.8. The fourth-order valence-corrected chi connectivity index (χ4v) is 5.82. The van der Waals surface area contributed by atoms with Crippen molar-refractivity contribution >= 4 is 21.6 Å². The Labute approximate surface area is 132 Å². The average molecular weight is 334 g/mol. The van der Waals surface area contributed by atoms with Gasteiger partial charge in [-0.05, 0) is 26.7 Å². The lowest BCUT2D eigenvalue weighted by Gasteiger charge is -2.32. The lowest BCUT2D eigenvalue weighted by Crippen LogP contribution is -2.41. The molecule has 0 atom stereocenters. The first-order chi connectivity index (χ1) is 9.93.